The fourth-order valence-electron chi connectivity index (χ4n) is 2.91. The quantitative estimate of drug-likeness (QED) is 0.711. The maximum Gasteiger partial charge on any atom is 0.0376 e. The molecule has 2 unspecified atom stereocenters. The van der Waals surface area contributed by atoms with Crippen molar-refractivity contribution in [3.8, 4) is 0 Å². The number of nitrogens with one attached hydrogen (secondary N) is 1. The molecule has 0 amide bonds. The summed E-state index contributed by atoms with van der Waals surface area (Å²) in [5.74, 6) is 1.71. The zero-order chi connectivity index (χ0) is 9.80. The summed E-state index contributed by atoms with van der Waals surface area (Å²) in [6, 6.07) is 0. The first-order chi connectivity index (χ1) is 6.86. The molecule has 0 aliphatic heterocycles. The predicted molar refractivity (Wildman–Crippen MR) is 61.8 cm³/mol. The zero-order valence-corrected chi connectivity index (χ0v) is 9.73. The molecular formula is C12H22ClN. The van der Waals surface area contributed by atoms with Crippen molar-refractivity contribution in [1.29, 1.82) is 0 Å². The van der Waals surface area contributed by atoms with Crippen LogP contribution < -0.4 is 5.32 Å². The van der Waals surface area contributed by atoms with E-state index in [2.05, 4.69) is 5.32 Å². The van der Waals surface area contributed by atoms with Crippen LogP contribution in [0.4, 0.5) is 0 Å². The molecule has 2 aliphatic rings. The van der Waals surface area contributed by atoms with E-state index < -0.39 is 0 Å². The fraction of sp³-hybridized carbons (Fsp3) is 1.00. The molecule has 14 heavy (non-hydrogen) atoms. The van der Waals surface area contributed by atoms with Crippen molar-refractivity contribution >= 4 is 11.6 Å². The minimum atomic E-state index is 0.450. The smallest absolute Gasteiger partial charge is 0.0376 e. The molecule has 0 heterocycles. The van der Waals surface area contributed by atoms with E-state index in [0.717, 1.165) is 18.4 Å². The van der Waals surface area contributed by atoms with Crippen molar-refractivity contribution < 1.29 is 0 Å². The average molecular weight is 216 g/mol. The molecule has 0 spiro atoms. The Hall–Kier alpha value is 0.250. The van der Waals surface area contributed by atoms with Gasteiger partial charge in [-0.05, 0) is 50.6 Å². The van der Waals surface area contributed by atoms with Gasteiger partial charge in [0.15, 0.2) is 0 Å². The molecule has 1 N–H and O–H groups in total. The van der Waals surface area contributed by atoms with Crippen molar-refractivity contribution in [2.24, 2.45) is 11.8 Å². The molecule has 2 fully saturated rings. The molecule has 1 nitrogen and oxygen atoms in total. The van der Waals surface area contributed by atoms with Crippen molar-refractivity contribution in [2.45, 2.75) is 50.3 Å². The van der Waals surface area contributed by atoms with Crippen molar-refractivity contribution in [1.82, 2.24) is 5.32 Å². The van der Waals surface area contributed by atoms with Crippen LogP contribution in [-0.4, -0.2) is 18.5 Å². The van der Waals surface area contributed by atoms with Gasteiger partial charge in [-0.1, -0.05) is 19.3 Å². The number of alkyl halides is 1. The Kier molecular flexibility index (Phi) is 4.12. The van der Waals surface area contributed by atoms with E-state index in [-0.39, 0.29) is 0 Å². The summed E-state index contributed by atoms with van der Waals surface area (Å²) in [5.41, 5.74) is 0. The Morgan fingerprint density at radius 1 is 0.929 bits per heavy atom. The zero-order valence-electron chi connectivity index (χ0n) is 8.97. The molecule has 0 bridgehead atoms. The highest BCUT2D eigenvalue weighted by atomic mass is 35.5. The van der Waals surface area contributed by atoms with Gasteiger partial charge < -0.3 is 5.32 Å². The van der Waals surface area contributed by atoms with Crippen LogP contribution in [0.3, 0.4) is 0 Å². The lowest BCUT2D eigenvalue weighted by Gasteiger charge is -2.16. The van der Waals surface area contributed by atoms with Crippen molar-refractivity contribution in [2.75, 3.05) is 13.1 Å². The lowest BCUT2D eigenvalue weighted by atomic mass is 10.1. The van der Waals surface area contributed by atoms with E-state index in [4.69, 9.17) is 11.6 Å². The van der Waals surface area contributed by atoms with Crippen LogP contribution >= 0.6 is 11.6 Å². The molecule has 2 saturated carbocycles. The Labute approximate surface area is 92.6 Å². The topological polar surface area (TPSA) is 12.0 Å². The first-order valence-electron chi connectivity index (χ1n) is 6.21. The molecule has 0 radical (unpaired) electrons. The van der Waals surface area contributed by atoms with E-state index in [9.17, 15) is 0 Å². The molecular weight excluding hydrogens is 194 g/mol. The third kappa shape index (κ3) is 2.87. The highest BCUT2D eigenvalue weighted by Gasteiger charge is 2.25. The maximum absolute atomic E-state index is 6.23. The molecule has 2 atom stereocenters. The Morgan fingerprint density at radius 3 is 2.36 bits per heavy atom. The summed E-state index contributed by atoms with van der Waals surface area (Å²) < 4.78 is 0. The Balaban J connectivity index is 1.57. The number of hydrogen-bond donors (Lipinski definition) is 1. The van der Waals surface area contributed by atoms with Crippen LogP contribution in [-0.2, 0) is 0 Å². The van der Waals surface area contributed by atoms with Gasteiger partial charge >= 0.3 is 0 Å². The summed E-state index contributed by atoms with van der Waals surface area (Å²) >= 11 is 6.23. The van der Waals surface area contributed by atoms with Crippen molar-refractivity contribution in [3.63, 3.8) is 0 Å². The SMILES string of the molecule is ClC1CCCC1CNCC1CCCC1. The number of hydrogen-bond acceptors (Lipinski definition) is 1. The molecule has 2 aliphatic carbocycles. The molecule has 0 aromatic rings. The molecule has 0 aromatic carbocycles. The number of rotatable bonds is 4. The average Bonchev–Trinajstić information content (AvgIpc) is 2.78. The van der Waals surface area contributed by atoms with Gasteiger partial charge in [0.1, 0.15) is 0 Å². The van der Waals surface area contributed by atoms with Gasteiger partial charge in [0.05, 0.1) is 0 Å². The third-order valence-corrected chi connectivity index (χ3v) is 4.46. The highest BCUT2D eigenvalue weighted by Crippen LogP contribution is 2.29. The van der Waals surface area contributed by atoms with Gasteiger partial charge in [0.2, 0.25) is 0 Å². The van der Waals surface area contributed by atoms with Crippen LogP contribution in [0.1, 0.15) is 44.9 Å². The van der Waals surface area contributed by atoms with E-state index in [1.807, 2.05) is 0 Å². The van der Waals surface area contributed by atoms with E-state index in [1.165, 1.54) is 51.5 Å². The summed E-state index contributed by atoms with van der Waals surface area (Å²) in [6.07, 6.45) is 9.71. The highest BCUT2D eigenvalue weighted by molar-refractivity contribution is 6.20. The summed E-state index contributed by atoms with van der Waals surface area (Å²) in [4.78, 5) is 0. The van der Waals surface area contributed by atoms with Gasteiger partial charge in [-0.15, -0.1) is 11.6 Å². The Bertz CT molecular complexity index is 166. The maximum atomic E-state index is 6.23. The van der Waals surface area contributed by atoms with E-state index in [0.29, 0.717) is 5.38 Å². The van der Waals surface area contributed by atoms with E-state index >= 15 is 0 Å². The number of halogens is 1. The standard InChI is InChI=1S/C12H22ClN/c13-12-7-3-6-11(12)9-14-8-10-4-1-2-5-10/h10-12,14H,1-9H2. The lowest BCUT2D eigenvalue weighted by Crippen LogP contribution is -2.29. The fourth-order valence-corrected chi connectivity index (χ4v) is 3.28. The summed E-state index contributed by atoms with van der Waals surface area (Å²) in [7, 11) is 0. The van der Waals surface area contributed by atoms with E-state index in [1.54, 1.807) is 0 Å². The molecule has 0 aromatic heterocycles. The minimum absolute atomic E-state index is 0.450. The van der Waals surface area contributed by atoms with Crippen LogP contribution in [0.5, 0.6) is 0 Å². The van der Waals surface area contributed by atoms with Gasteiger partial charge in [-0.3, -0.25) is 0 Å². The van der Waals surface area contributed by atoms with Crippen LogP contribution in [0.15, 0.2) is 0 Å². The van der Waals surface area contributed by atoms with Crippen LogP contribution in [0.25, 0.3) is 0 Å². The molecule has 2 rings (SSSR count). The first-order valence-corrected chi connectivity index (χ1v) is 6.64. The Morgan fingerprint density at radius 2 is 1.71 bits per heavy atom. The second kappa shape index (κ2) is 5.37. The minimum Gasteiger partial charge on any atom is -0.316 e. The van der Waals surface area contributed by atoms with Crippen LogP contribution in [0.2, 0.25) is 0 Å². The van der Waals surface area contributed by atoms with Crippen LogP contribution in [0, 0.1) is 11.8 Å². The third-order valence-electron chi connectivity index (χ3n) is 3.88. The normalized spacial score (nSPS) is 34.1. The van der Waals surface area contributed by atoms with Gasteiger partial charge in [-0.2, -0.15) is 0 Å². The predicted octanol–water partition coefficient (Wildman–Crippen LogP) is 3.17. The second-order valence-electron chi connectivity index (χ2n) is 5.02. The van der Waals surface area contributed by atoms with Crippen molar-refractivity contribution in [3.05, 3.63) is 0 Å². The monoisotopic (exact) mass is 215 g/mol. The summed E-state index contributed by atoms with van der Waals surface area (Å²) in [6.45, 7) is 2.39. The first kappa shape index (κ1) is 10.8. The molecule has 0 saturated heterocycles. The summed E-state index contributed by atoms with van der Waals surface area (Å²) in [5, 5.41) is 4.07. The molecule has 2 heteroatoms. The molecule has 82 valence electrons. The van der Waals surface area contributed by atoms with Gasteiger partial charge in [-0.25, -0.2) is 0 Å². The van der Waals surface area contributed by atoms with Gasteiger partial charge in [0.25, 0.3) is 0 Å². The van der Waals surface area contributed by atoms with Gasteiger partial charge in [0, 0.05) is 5.38 Å². The largest absolute Gasteiger partial charge is 0.316 e. The second-order valence-corrected chi connectivity index (χ2v) is 5.58. The lowest BCUT2D eigenvalue weighted by molar-refractivity contribution is 0.436.